The van der Waals surface area contributed by atoms with Crippen molar-refractivity contribution in [1.29, 1.82) is 5.41 Å². The zero-order chi connectivity index (χ0) is 7.72. The van der Waals surface area contributed by atoms with Gasteiger partial charge in [0.25, 0.3) is 0 Å². The molecule has 1 rings (SSSR count). The summed E-state index contributed by atoms with van der Waals surface area (Å²) in [6.45, 7) is 0. The quantitative estimate of drug-likeness (QED) is 0.384. The van der Waals surface area contributed by atoms with E-state index >= 15 is 0 Å². The van der Waals surface area contributed by atoms with Crippen molar-refractivity contribution < 1.29 is 9.90 Å². The van der Waals surface area contributed by atoms with E-state index in [1.807, 2.05) is 0 Å². The van der Waals surface area contributed by atoms with Crippen molar-refractivity contribution in [2.24, 2.45) is 17.6 Å². The lowest BCUT2D eigenvalue weighted by Crippen LogP contribution is -2.11. The first kappa shape index (κ1) is 7.05. The van der Waals surface area contributed by atoms with Crippen molar-refractivity contribution in [3.05, 3.63) is 0 Å². The molecule has 0 saturated heterocycles. The maximum atomic E-state index is 10.2. The average Bonchev–Trinajstić information content (AvgIpc) is 2.43. The highest BCUT2D eigenvalue weighted by Gasteiger charge is 2.43. The molecular formula is C6H10N2O2. The van der Waals surface area contributed by atoms with Crippen molar-refractivity contribution in [2.75, 3.05) is 0 Å². The maximum Gasteiger partial charge on any atom is 0.306 e. The molecule has 56 valence electrons. The first-order valence-corrected chi connectivity index (χ1v) is 3.17. The molecule has 1 saturated carbocycles. The van der Waals surface area contributed by atoms with Crippen LogP contribution < -0.4 is 5.73 Å². The minimum absolute atomic E-state index is 0.0914. The molecule has 2 atom stereocenters. The molecule has 0 amide bonds. The van der Waals surface area contributed by atoms with Crippen molar-refractivity contribution >= 4 is 11.8 Å². The van der Waals surface area contributed by atoms with Gasteiger partial charge in [-0.25, -0.2) is 0 Å². The monoisotopic (exact) mass is 142 g/mol. The third-order valence-corrected chi connectivity index (χ3v) is 1.72. The van der Waals surface area contributed by atoms with Crippen molar-refractivity contribution in [3.8, 4) is 0 Å². The number of hydrogen-bond donors (Lipinski definition) is 3. The van der Waals surface area contributed by atoms with Crippen molar-refractivity contribution in [2.45, 2.75) is 12.8 Å². The highest BCUT2D eigenvalue weighted by molar-refractivity contribution is 5.80. The Kier molecular flexibility index (Phi) is 1.61. The van der Waals surface area contributed by atoms with Gasteiger partial charge in [-0.05, 0) is 12.3 Å². The van der Waals surface area contributed by atoms with Crippen molar-refractivity contribution in [3.63, 3.8) is 0 Å². The van der Waals surface area contributed by atoms with Crippen LogP contribution >= 0.6 is 0 Å². The van der Waals surface area contributed by atoms with E-state index < -0.39 is 5.97 Å². The van der Waals surface area contributed by atoms with Gasteiger partial charge in [0, 0.05) is 6.42 Å². The molecule has 0 bridgehead atoms. The number of carbonyl (C=O) groups is 1. The zero-order valence-electron chi connectivity index (χ0n) is 5.50. The fraction of sp³-hybridized carbons (Fsp3) is 0.667. The van der Waals surface area contributed by atoms with E-state index in [1.54, 1.807) is 0 Å². The number of amidine groups is 1. The maximum absolute atomic E-state index is 10.2. The molecule has 0 unspecified atom stereocenters. The Hall–Kier alpha value is -1.06. The molecule has 0 radical (unpaired) electrons. The lowest BCUT2D eigenvalue weighted by atomic mass is 10.2. The van der Waals surface area contributed by atoms with Gasteiger partial charge in [-0.3, -0.25) is 10.2 Å². The lowest BCUT2D eigenvalue weighted by Gasteiger charge is -1.92. The molecule has 4 nitrogen and oxygen atoms in total. The summed E-state index contributed by atoms with van der Waals surface area (Å²) < 4.78 is 0. The van der Waals surface area contributed by atoms with Crippen LogP contribution in [-0.4, -0.2) is 16.9 Å². The molecule has 0 aromatic carbocycles. The van der Waals surface area contributed by atoms with Crippen LogP contribution in [0, 0.1) is 17.2 Å². The first-order chi connectivity index (χ1) is 4.61. The summed E-state index contributed by atoms with van der Waals surface area (Å²) in [5, 5.41) is 15.3. The summed E-state index contributed by atoms with van der Waals surface area (Å²) in [6.07, 6.45) is 1.13. The molecular weight excluding hydrogens is 132 g/mol. The van der Waals surface area contributed by atoms with Crippen LogP contribution in [0.4, 0.5) is 0 Å². The molecule has 0 aliphatic heterocycles. The first-order valence-electron chi connectivity index (χ1n) is 3.17. The van der Waals surface area contributed by atoms with Gasteiger partial charge < -0.3 is 10.8 Å². The summed E-state index contributed by atoms with van der Waals surface area (Å²) in [4.78, 5) is 10.2. The minimum Gasteiger partial charge on any atom is -0.481 e. The van der Waals surface area contributed by atoms with Gasteiger partial charge in [-0.2, -0.15) is 0 Å². The van der Waals surface area contributed by atoms with Gasteiger partial charge in [-0.15, -0.1) is 0 Å². The molecule has 4 N–H and O–H groups in total. The molecule has 1 aliphatic rings. The Labute approximate surface area is 58.5 Å². The Morgan fingerprint density at radius 2 is 2.40 bits per heavy atom. The Bertz CT molecular complexity index is 179. The largest absolute Gasteiger partial charge is 0.481 e. The normalized spacial score (nSPS) is 29.6. The molecule has 0 aromatic rings. The molecule has 1 aliphatic carbocycles. The summed E-state index contributed by atoms with van der Waals surface area (Å²) in [5.41, 5.74) is 5.09. The summed E-state index contributed by atoms with van der Waals surface area (Å²) in [6, 6.07) is 0. The standard InChI is InChI=1S/C6H10N2O2/c7-5(8)2-3-1-4(3)6(9)10/h3-4H,1-2H2,(H3,7,8)(H,9,10)/t3-,4-/m0/s1. The van der Waals surface area contributed by atoms with Crippen LogP contribution in [0.2, 0.25) is 0 Å². The Morgan fingerprint density at radius 3 is 2.70 bits per heavy atom. The Morgan fingerprint density at radius 1 is 1.80 bits per heavy atom. The van der Waals surface area contributed by atoms with Gasteiger partial charge in [-0.1, -0.05) is 0 Å². The Balaban J connectivity index is 2.26. The number of nitrogens with one attached hydrogen (secondary N) is 1. The second-order valence-electron chi connectivity index (χ2n) is 2.67. The number of hydrogen-bond acceptors (Lipinski definition) is 2. The van der Waals surface area contributed by atoms with Gasteiger partial charge in [0.05, 0.1) is 11.8 Å². The summed E-state index contributed by atoms with van der Waals surface area (Å²) >= 11 is 0. The third-order valence-electron chi connectivity index (χ3n) is 1.72. The number of aliphatic carboxylic acids is 1. The van der Waals surface area contributed by atoms with E-state index in [2.05, 4.69) is 0 Å². The van der Waals surface area contributed by atoms with Crippen molar-refractivity contribution in [1.82, 2.24) is 0 Å². The zero-order valence-corrected chi connectivity index (χ0v) is 5.50. The van der Waals surface area contributed by atoms with E-state index in [9.17, 15) is 4.79 Å². The summed E-state index contributed by atoms with van der Waals surface area (Å²) in [5.74, 6) is -0.765. The topological polar surface area (TPSA) is 87.2 Å². The van der Waals surface area contributed by atoms with Gasteiger partial charge >= 0.3 is 5.97 Å². The van der Waals surface area contributed by atoms with Gasteiger partial charge in [0.15, 0.2) is 0 Å². The van der Waals surface area contributed by atoms with Gasteiger partial charge in [0.1, 0.15) is 0 Å². The predicted molar refractivity (Wildman–Crippen MR) is 35.8 cm³/mol. The minimum atomic E-state index is -0.758. The van der Waals surface area contributed by atoms with Crippen LogP contribution in [0.3, 0.4) is 0 Å². The molecule has 10 heavy (non-hydrogen) atoms. The SMILES string of the molecule is N=C(N)C[C@@H]1C[C@@H]1C(=O)O. The van der Waals surface area contributed by atoms with E-state index in [0.29, 0.717) is 12.8 Å². The molecule has 1 fully saturated rings. The van der Waals surface area contributed by atoms with Crippen LogP contribution in [0.1, 0.15) is 12.8 Å². The number of carboxylic acid groups (broad SMARTS) is 1. The third kappa shape index (κ3) is 1.46. The van der Waals surface area contributed by atoms with Crippen LogP contribution in [0.25, 0.3) is 0 Å². The van der Waals surface area contributed by atoms with Crippen LogP contribution in [0.5, 0.6) is 0 Å². The lowest BCUT2D eigenvalue weighted by molar-refractivity contribution is -0.138. The van der Waals surface area contributed by atoms with Gasteiger partial charge in [0.2, 0.25) is 0 Å². The second-order valence-corrected chi connectivity index (χ2v) is 2.67. The molecule has 0 heterocycles. The molecule has 4 heteroatoms. The fourth-order valence-electron chi connectivity index (χ4n) is 1.06. The van der Waals surface area contributed by atoms with E-state index in [0.717, 1.165) is 0 Å². The number of rotatable bonds is 3. The predicted octanol–water partition coefficient (Wildman–Crippen LogP) is 0.0332. The van der Waals surface area contributed by atoms with E-state index in [1.165, 1.54) is 0 Å². The molecule has 0 spiro atoms. The second kappa shape index (κ2) is 2.28. The van der Waals surface area contributed by atoms with E-state index in [-0.39, 0.29) is 17.7 Å². The fourth-order valence-corrected chi connectivity index (χ4v) is 1.06. The number of nitrogens with two attached hydrogens (primary N) is 1. The summed E-state index contributed by atoms with van der Waals surface area (Å²) in [7, 11) is 0. The average molecular weight is 142 g/mol. The highest BCUT2D eigenvalue weighted by atomic mass is 16.4. The van der Waals surface area contributed by atoms with E-state index in [4.69, 9.17) is 16.2 Å². The smallest absolute Gasteiger partial charge is 0.306 e. The van der Waals surface area contributed by atoms with Crippen LogP contribution in [-0.2, 0) is 4.79 Å². The number of carboxylic acids is 1. The highest BCUT2D eigenvalue weighted by Crippen LogP contribution is 2.40. The molecule has 0 aromatic heterocycles. The van der Waals surface area contributed by atoms with Crippen LogP contribution in [0.15, 0.2) is 0 Å².